The Morgan fingerprint density at radius 2 is 2.27 bits per heavy atom. The van der Waals surface area contributed by atoms with Gasteiger partial charge in [-0.05, 0) is 5.57 Å². The molecule has 2 aliphatic rings. The van der Waals surface area contributed by atoms with Crippen molar-refractivity contribution in [2.45, 2.75) is 18.2 Å². The monoisotopic (exact) mass is 235 g/mol. The van der Waals surface area contributed by atoms with Gasteiger partial charge in [-0.2, -0.15) is 8.78 Å². The number of thioether (sulfide) groups is 1. The Morgan fingerprint density at radius 3 is 2.87 bits per heavy atom. The molecule has 2 nitrogen and oxygen atoms in total. The average molecular weight is 235 g/mol. The molecule has 6 heteroatoms. The van der Waals surface area contributed by atoms with E-state index in [0.717, 1.165) is 0 Å². The number of hydrogen-bond donors (Lipinski definition) is 0. The smallest absolute Gasteiger partial charge is 0.301 e. The minimum absolute atomic E-state index is 0.0326. The first kappa shape index (κ1) is 10.6. The highest BCUT2D eigenvalue weighted by Gasteiger charge is 2.37. The molecule has 0 aliphatic carbocycles. The summed E-state index contributed by atoms with van der Waals surface area (Å²) in [6.45, 7) is 0. The van der Waals surface area contributed by atoms with Crippen LogP contribution in [0.5, 0.6) is 0 Å². The Hall–Kier alpha value is -0.910. The SMILES string of the molecule is O=C1C[C@H]2SCC(CC(F)=C(F)F)=CN12. The molecule has 0 saturated carbocycles. The van der Waals surface area contributed by atoms with Gasteiger partial charge in [0, 0.05) is 18.4 Å². The fraction of sp³-hybridized carbons (Fsp3) is 0.444. The van der Waals surface area contributed by atoms with E-state index in [1.54, 1.807) is 0 Å². The lowest BCUT2D eigenvalue weighted by Crippen LogP contribution is -2.49. The second-order valence-corrected chi connectivity index (χ2v) is 4.57. The van der Waals surface area contributed by atoms with Crippen LogP contribution in [-0.4, -0.2) is 21.9 Å². The van der Waals surface area contributed by atoms with Crippen LogP contribution >= 0.6 is 11.8 Å². The third-order valence-corrected chi connectivity index (χ3v) is 3.63. The zero-order valence-corrected chi connectivity index (χ0v) is 8.49. The normalized spacial score (nSPS) is 24.2. The first-order valence-corrected chi connectivity index (χ1v) is 5.45. The van der Waals surface area contributed by atoms with Crippen molar-refractivity contribution in [1.82, 2.24) is 4.90 Å². The first-order chi connectivity index (χ1) is 7.08. The van der Waals surface area contributed by atoms with Crippen LogP contribution in [0.15, 0.2) is 23.7 Å². The van der Waals surface area contributed by atoms with Crippen molar-refractivity contribution >= 4 is 17.7 Å². The lowest BCUT2D eigenvalue weighted by Gasteiger charge is -2.41. The molecule has 1 fully saturated rings. The predicted molar refractivity (Wildman–Crippen MR) is 50.8 cm³/mol. The highest BCUT2D eigenvalue weighted by molar-refractivity contribution is 8.00. The van der Waals surface area contributed by atoms with Crippen molar-refractivity contribution in [3.8, 4) is 0 Å². The number of carbonyl (C=O) groups excluding carboxylic acids is 1. The molecule has 0 bridgehead atoms. The Morgan fingerprint density at radius 1 is 1.53 bits per heavy atom. The molecule has 0 spiro atoms. The maximum absolute atomic E-state index is 12.6. The summed E-state index contributed by atoms with van der Waals surface area (Å²) in [5.74, 6) is -0.933. The summed E-state index contributed by atoms with van der Waals surface area (Å²) in [6.07, 6.45) is -0.691. The van der Waals surface area contributed by atoms with Gasteiger partial charge in [0.2, 0.25) is 5.91 Å². The van der Waals surface area contributed by atoms with Crippen LogP contribution in [0.3, 0.4) is 0 Å². The number of halogens is 3. The number of hydrogen-bond acceptors (Lipinski definition) is 2. The number of rotatable bonds is 2. The maximum Gasteiger partial charge on any atom is 0.301 e. The lowest BCUT2D eigenvalue weighted by molar-refractivity contribution is -0.137. The summed E-state index contributed by atoms with van der Waals surface area (Å²) >= 11 is 1.48. The van der Waals surface area contributed by atoms with Gasteiger partial charge in [-0.25, -0.2) is 4.39 Å². The molecule has 82 valence electrons. The Kier molecular flexibility index (Phi) is 2.77. The van der Waals surface area contributed by atoms with Crippen molar-refractivity contribution < 1.29 is 18.0 Å². The largest absolute Gasteiger partial charge is 0.306 e. The van der Waals surface area contributed by atoms with Gasteiger partial charge >= 0.3 is 6.08 Å². The van der Waals surface area contributed by atoms with Gasteiger partial charge in [0.05, 0.1) is 11.8 Å². The molecule has 0 N–H and O–H groups in total. The van der Waals surface area contributed by atoms with Crippen LogP contribution in [0.2, 0.25) is 0 Å². The molecular formula is C9H8F3NOS. The number of amides is 1. The predicted octanol–water partition coefficient (Wildman–Crippen LogP) is 2.64. The molecule has 1 amide bonds. The lowest BCUT2D eigenvalue weighted by atomic mass is 10.1. The van der Waals surface area contributed by atoms with E-state index < -0.39 is 18.3 Å². The number of nitrogens with zero attached hydrogens (tertiary/aromatic N) is 1. The quantitative estimate of drug-likeness (QED) is 0.686. The molecule has 2 heterocycles. The summed E-state index contributed by atoms with van der Waals surface area (Å²) in [5.41, 5.74) is 0.523. The van der Waals surface area contributed by atoms with Gasteiger partial charge in [0.1, 0.15) is 0 Å². The van der Waals surface area contributed by atoms with E-state index in [4.69, 9.17) is 0 Å². The van der Waals surface area contributed by atoms with E-state index in [-0.39, 0.29) is 11.3 Å². The molecule has 0 radical (unpaired) electrons. The molecule has 1 saturated heterocycles. The van der Waals surface area contributed by atoms with E-state index in [2.05, 4.69) is 0 Å². The highest BCUT2D eigenvalue weighted by atomic mass is 32.2. The Bertz CT molecular complexity index is 362. The third-order valence-electron chi connectivity index (χ3n) is 2.32. The molecule has 0 aromatic rings. The third kappa shape index (κ3) is 2.04. The van der Waals surface area contributed by atoms with E-state index >= 15 is 0 Å². The van der Waals surface area contributed by atoms with E-state index in [9.17, 15) is 18.0 Å². The Balaban J connectivity index is 2.05. The summed E-state index contributed by atoms with van der Waals surface area (Å²) in [7, 11) is 0. The molecule has 0 aromatic heterocycles. The van der Waals surface area contributed by atoms with Crippen LogP contribution in [0.1, 0.15) is 12.8 Å². The second-order valence-electron chi connectivity index (χ2n) is 3.40. The molecule has 2 aliphatic heterocycles. The van der Waals surface area contributed by atoms with Crippen LogP contribution in [-0.2, 0) is 4.79 Å². The van der Waals surface area contributed by atoms with Crippen molar-refractivity contribution in [1.29, 1.82) is 0 Å². The molecule has 0 aromatic carbocycles. The number of allylic oxidation sites excluding steroid dienone is 1. The number of β-lactam (4-membered cyclic amide) rings is 1. The van der Waals surface area contributed by atoms with E-state index in [1.807, 2.05) is 0 Å². The number of fused-ring (bicyclic) bond motifs is 1. The van der Waals surface area contributed by atoms with Crippen LogP contribution in [0.4, 0.5) is 13.2 Å². The zero-order chi connectivity index (χ0) is 11.0. The first-order valence-electron chi connectivity index (χ1n) is 4.40. The van der Waals surface area contributed by atoms with Crippen LogP contribution in [0, 0.1) is 0 Å². The molecule has 2 rings (SSSR count). The van der Waals surface area contributed by atoms with Crippen molar-refractivity contribution in [2.24, 2.45) is 0 Å². The van der Waals surface area contributed by atoms with Crippen molar-refractivity contribution in [3.63, 3.8) is 0 Å². The Labute approximate surface area is 88.8 Å². The number of carbonyl (C=O) groups is 1. The molecule has 1 atom stereocenters. The van der Waals surface area contributed by atoms with Gasteiger partial charge in [-0.1, -0.05) is 0 Å². The summed E-state index contributed by atoms with van der Waals surface area (Å²) < 4.78 is 36.3. The van der Waals surface area contributed by atoms with Gasteiger partial charge in [-0.15, -0.1) is 11.8 Å². The van der Waals surface area contributed by atoms with Crippen molar-refractivity contribution in [3.05, 3.63) is 23.7 Å². The topological polar surface area (TPSA) is 20.3 Å². The van der Waals surface area contributed by atoms with Crippen LogP contribution in [0.25, 0.3) is 0 Å². The maximum atomic E-state index is 12.6. The minimum Gasteiger partial charge on any atom is -0.306 e. The van der Waals surface area contributed by atoms with Gasteiger partial charge in [0.15, 0.2) is 5.83 Å². The fourth-order valence-corrected chi connectivity index (χ4v) is 2.68. The summed E-state index contributed by atoms with van der Waals surface area (Å²) in [6, 6.07) is 0. The van der Waals surface area contributed by atoms with E-state index in [1.165, 1.54) is 22.9 Å². The van der Waals surface area contributed by atoms with Crippen LogP contribution < -0.4 is 0 Å². The second kappa shape index (κ2) is 3.92. The van der Waals surface area contributed by atoms with E-state index in [0.29, 0.717) is 17.7 Å². The minimum atomic E-state index is -2.28. The highest BCUT2D eigenvalue weighted by Crippen LogP contribution is 2.37. The molecule has 0 unspecified atom stereocenters. The standard InChI is InChI=1S/C9H8F3NOS/c10-6(9(11)12)1-5-3-13-7(14)2-8(13)15-4-5/h3,8H,1-2,4H2/t8-/m1/s1. The molecule has 15 heavy (non-hydrogen) atoms. The van der Waals surface area contributed by atoms with Gasteiger partial charge in [-0.3, -0.25) is 4.79 Å². The summed E-state index contributed by atoms with van der Waals surface area (Å²) in [4.78, 5) is 12.5. The average Bonchev–Trinajstić information content (AvgIpc) is 2.18. The van der Waals surface area contributed by atoms with Gasteiger partial charge in [0.25, 0.3) is 0 Å². The molecular weight excluding hydrogens is 227 g/mol. The summed E-state index contributed by atoms with van der Waals surface area (Å²) in [5, 5.41) is 0.128. The van der Waals surface area contributed by atoms with Gasteiger partial charge < -0.3 is 4.90 Å². The van der Waals surface area contributed by atoms with Crippen molar-refractivity contribution in [2.75, 3.05) is 5.75 Å². The zero-order valence-electron chi connectivity index (χ0n) is 7.67. The fourth-order valence-electron chi connectivity index (χ4n) is 1.50.